The molecule has 2 N–H and O–H groups in total. The summed E-state index contributed by atoms with van der Waals surface area (Å²) >= 11 is 0. The van der Waals surface area contributed by atoms with Crippen molar-refractivity contribution in [3.8, 4) is 0 Å². The molecule has 1 aliphatic heterocycles. The van der Waals surface area contributed by atoms with Gasteiger partial charge in [0, 0.05) is 18.5 Å². The molecular weight excluding hydrogens is 248 g/mol. The molecule has 0 aliphatic carbocycles. The molecule has 100 valence electrons. The molecule has 0 bridgehead atoms. The molecule has 1 aliphatic rings. The number of benzene rings is 1. The van der Waals surface area contributed by atoms with Crippen molar-refractivity contribution in [2.75, 3.05) is 6.54 Å². The molecule has 0 spiro atoms. The van der Waals surface area contributed by atoms with Gasteiger partial charge in [0.05, 0.1) is 6.04 Å². The smallest absolute Gasteiger partial charge is 0.239 e. The van der Waals surface area contributed by atoms with Gasteiger partial charge < -0.3 is 10.6 Å². The molecule has 1 heterocycles. The highest BCUT2D eigenvalue weighted by Gasteiger charge is 2.33. The Morgan fingerprint density at radius 3 is 2.56 bits per heavy atom. The van der Waals surface area contributed by atoms with Gasteiger partial charge in [-0.1, -0.05) is 30.3 Å². The SMILES string of the molecule is CC1CC(c2ccccc2)CN1C(=O)[C@H](C)N.Cl. The number of carbonyl (C=O) groups excluding carboxylic acids is 1. The minimum absolute atomic E-state index is 0. The third-order valence-electron chi connectivity index (χ3n) is 3.52. The Bertz CT molecular complexity index is 394. The van der Waals surface area contributed by atoms with Crippen molar-refractivity contribution >= 4 is 18.3 Å². The molecule has 1 aromatic carbocycles. The van der Waals surface area contributed by atoms with Gasteiger partial charge in [0.25, 0.3) is 0 Å². The highest BCUT2D eigenvalue weighted by molar-refractivity contribution is 5.85. The van der Waals surface area contributed by atoms with E-state index in [0.717, 1.165) is 13.0 Å². The van der Waals surface area contributed by atoms with E-state index in [2.05, 4.69) is 31.2 Å². The van der Waals surface area contributed by atoms with Crippen LogP contribution >= 0.6 is 12.4 Å². The minimum atomic E-state index is -0.396. The summed E-state index contributed by atoms with van der Waals surface area (Å²) < 4.78 is 0. The lowest BCUT2D eigenvalue weighted by Gasteiger charge is -2.23. The Hall–Kier alpha value is -1.06. The highest BCUT2D eigenvalue weighted by Crippen LogP contribution is 2.31. The van der Waals surface area contributed by atoms with Gasteiger partial charge in [-0.05, 0) is 25.8 Å². The molecule has 1 amide bonds. The van der Waals surface area contributed by atoms with Crippen LogP contribution in [0.2, 0.25) is 0 Å². The Morgan fingerprint density at radius 2 is 2.00 bits per heavy atom. The summed E-state index contributed by atoms with van der Waals surface area (Å²) in [7, 11) is 0. The first kappa shape index (κ1) is 15.0. The second-order valence-corrected chi connectivity index (χ2v) is 4.97. The van der Waals surface area contributed by atoms with Crippen molar-refractivity contribution in [3.63, 3.8) is 0 Å². The molecule has 1 fully saturated rings. The van der Waals surface area contributed by atoms with E-state index in [-0.39, 0.29) is 18.3 Å². The van der Waals surface area contributed by atoms with E-state index in [0.29, 0.717) is 12.0 Å². The van der Waals surface area contributed by atoms with Crippen molar-refractivity contribution in [1.29, 1.82) is 0 Å². The van der Waals surface area contributed by atoms with Crippen LogP contribution in [-0.2, 0) is 4.79 Å². The van der Waals surface area contributed by atoms with Crippen LogP contribution in [0.3, 0.4) is 0 Å². The number of likely N-dealkylation sites (tertiary alicyclic amines) is 1. The van der Waals surface area contributed by atoms with Gasteiger partial charge >= 0.3 is 0 Å². The molecule has 3 atom stereocenters. The zero-order valence-corrected chi connectivity index (χ0v) is 11.7. The molecule has 0 radical (unpaired) electrons. The first-order valence-electron chi connectivity index (χ1n) is 6.20. The van der Waals surface area contributed by atoms with Gasteiger partial charge in [0.15, 0.2) is 0 Å². The number of hydrogen-bond acceptors (Lipinski definition) is 2. The quantitative estimate of drug-likeness (QED) is 0.894. The summed E-state index contributed by atoms with van der Waals surface area (Å²) in [6, 6.07) is 10.3. The van der Waals surface area contributed by atoms with Gasteiger partial charge in [0.2, 0.25) is 5.91 Å². The van der Waals surface area contributed by atoms with Crippen molar-refractivity contribution in [2.24, 2.45) is 5.73 Å². The number of nitrogens with two attached hydrogens (primary N) is 1. The van der Waals surface area contributed by atoms with Gasteiger partial charge in [-0.15, -0.1) is 12.4 Å². The molecule has 2 rings (SSSR count). The second-order valence-electron chi connectivity index (χ2n) is 4.97. The fourth-order valence-electron chi connectivity index (χ4n) is 2.57. The number of carbonyl (C=O) groups is 1. The highest BCUT2D eigenvalue weighted by atomic mass is 35.5. The topological polar surface area (TPSA) is 46.3 Å². The summed E-state index contributed by atoms with van der Waals surface area (Å²) in [6.07, 6.45) is 1.03. The van der Waals surface area contributed by atoms with Gasteiger partial charge in [-0.3, -0.25) is 4.79 Å². The maximum absolute atomic E-state index is 11.9. The third kappa shape index (κ3) is 3.03. The van der Waals surface area contributed by atoms with Crippen LogP contribution in [0.5, 0.6) is 0 Å². The zero-order valence-electron chi connectivity index (χ0n) is 10.9. The summed E-state index contributed by atoms with van der Waals surface area (Å²) in [5, 5.41) is 0. The van der Waals surface area contributed by atoms with Crippen LogP contribution in [0.25, 0.3) is 0 Å². The number of halogens is 1. The maximum atomic E-state index is 11.9. The van der Waals surface area contributed by atoms with E-state index in [1.807, 2.05) is 11.0 Å². The van der Waals surface area contributed by atoms with Crippen molar-refractivity contribution in [2.45, 2.75) is 38.3 Å². The molecule has 0 aromatic heterocycles. The average Bonchev–Trinajstić information content (AvgIpc) is 2.71. The molecule has 1 saturated heterocycles. The average molecular weight is 269 g/mol. The lowest BCUT2D eigenvalue weighted by Crippen LogP contribution is -2.43. The third-order valence-corrected chi connectivity index (χ3v) is 3.52. The van der Waals surface area contributed by atoms with Crippen molar-refractivity contribution in [1.82, 2.24) is 4.90 Å². The van der Waals surface area contributed by atoms with Crippen molar-refractivity contribution in [3.05, 3.63) is 35.9 Å². The lowest BCUT2D eigenvalue weighted by atomic mass is 9.97. The summed E-state index contributed by atoms with van der Waals surface area (Å²) in [5.41, 5.74) is 6.99. The molecule has 4 heteroatoms. The maximum Gasteiger partial charge on any atom is 0.239 e. The summed E-state index contributed by atoms with van der Waals surface area (Å²) in [6.45, 7) is 4.65. The standard InChI is InChI=1S/C14H20N2O.ClH/c1-10-8-13(12-6-4-3-5-7-12)9-16(10)14(17)11(2)15;/h3-7,10-11,13H,8-9,15H2,1-2H3;1H/t10?,11-,13?;/m0./s1. The van der Waals surface area contributed by atoms with Crippen LogP contribution in [-0.4, -0.2) is 29.4 Å². The van der Waals surface area contributed by atoms with E-state index in [1.165, 1.54) is 5.56 Å². The predicted molar refractivity (Wildman–Crippen MR) is 75.9 cm³/mol. The van der Waals surface area contributed by atoms with E-state index in [9.17, 15) is 4.79 Å². The molecule has 18 heavy (non-hydrogen) atoms. The van der Waals surface area contributed by atoms with Crippen LogP contribution in [0.15, 0.2) is 30.3 Å². The normalized spacial score (nSPS) is 24.5. The first-order chi connectivity index (χ1) is 8.09. The van der Waals surface area contributed by atoms with Crippen LogP contribution in [0.1, 0.15) is 31.7 Å². The Labute approximate surface area is 115 Å². The molecule has 1 aromatic rings. The van der Waals surface area contributed by atoms with Crippen molar-refractivity contribution < 1.29 is 4.79 Å². The van der Waals surface area contributed by atoms with E-state index >= 15 is 0 Å². The lowest BCUT2D eigenvalue weighted by molar-refractivity contribution is -0.132. The van der Waals surface area contributed by atoms with Gasteiger partial charge in [-0.25, -0.2) is 0 Å². The van der Waals surface area contributed by atoms with Crippen LogP contribution in [0.4, 0.5) is 0 Å². The Kier molecular flexibility index (Phi) is 5.17. The minimum Gasteiger partial charge on any atom is -0.338 e. The predicted octanol–water partition coefficient (Wildman–Crippen LogP) is 2.16. The fourth-order valence-corrected chi connectivity index (χ4v) is 2.57. The fraction of sp³-hybridized carbons (Fsp3) is 0.500. The van der Waals surface area contributed by atoms with Crippen LogP contribution in [0, 0.1) is 0 Å². The number of amides is 1. The van der Waals surface area contributed by atoms with E-state index in [4.69, 9.17) is 5.73 Å². The number of hydrogen-bond donors (Lipinski definition) is 1. The number of rotatable bonds is 2. The summed E-state index contributed by atoms with van der Waals surface area (Å²) in [4.78, 5) is 13.9. The van der Waals surface area contributed by atoms with Crippen LogP contribution < -0.4 is 5.73 Å². The zero-order chi connectivity index (χ0) is 12.4. The van der Waals surface area contributed by atoms with E-state index < -0.39 is 6.04 Å². The summed E-state index contributed by atoms with van der Waals surface area (Å²) in [5.74, 6) is 0.518. The Morgan fingerprint density at radius 1 is 1.39 bits per heavy atom. The Balaban J connectivity index is 0.00000162. The van der Waals surface area contributed by atoms with Gasteiger partial charge in [0.1, 0.15) is 0 Å². The molecule has 3 nitrogen and oxygen atoms in total. The van der Waals surface area contributed by atoms with Gasteiger partial charge in [-0.2, -0.15) is 0 Å². The molecule has 0 saturated carbocycles. The van der Waals surface area contributed by atoms with E-state index in [1.54, 1.807) is 6.92 Å². The second kappa shape index (κ2) is 6.21. The first-order valence-corrected chi connectivity index (χ1v) is 6.20. The molecular formula is C14H21ClN2O. The molecule has 2 unspecified atom stereocenters. The monoisotopic (exact) mass is 268 g/mol. The number of nitrogens with zero attached hydrogens (tertiary/aromatic N) is 1. The largest absolute Gasteiger partial charge is 0.338 e.